The van der Waals surface area contributed by atoms with E-state index in [1.54, 1.807) is 0 Å². The molecule has 5 heterocycles. The van der Waals surface area contributed by atoms with Gasteiger partial charge in [-0.2, -0.15) is 10.2 Å². The molecule has 3 aromatic heterocycles. The van der Waals surface area contributed by atoms with Crippen molar-refractivity contribution in [1.82, 2.24) is 29.7 Å². The highest BCUT2D eigenvalue weighted by molar-refractivity contribution is 5.91. The van der Waals surface area contributed by atoms with Crippen molar-refractivity contribution in [3.8, 4) is 22.5 Å². The van der Waals surface area contributed by atoms with E-state index in [2.05, 4.69) is 56.5 Å². The molecule has 3 aliphatic rings. The second-order valence-electron chi connectivity index (χ2n) is 11.0. The molecule has 0 amide bonds. The molecule has 198 valence electrons. The van der Waals surface area contributed by atoms with Crippen molar-refractivity contribution in [2.75, 3.05) is 38.7 Å². The lowest BCUT2D eigenvalue weighted by molar-refractivity contribution is 0.0667. The van der Waals surface area contributed by atoms with E-state index in [4.69, 9.17) is 20.3 Å². The van der Waals surface area contributed by atoms with Crippen LogP contribution in [-0.4, -0.2) is 63.4 Å². The van der Waals surface area contributed by atoms with Gasteiger partial charge in [-0.05, 0) is 62.3 Å². The van der Waals surface area contributed by atoms with Crippen LogP contribution in [0.5, 0.6) is 0 Å². The van der Waals surface area contributed by atoms with Crippen LogP contribution in [0, 0.1) is 0 Å². The van der Waals surface area contributed by atoms with Crippen LogP contribution >= 0.6 is 0 Å². The van der Waals surface area contributed by atoms with Gasteiger partial charge in [-0.3, -0.25) is 4.68 Å². The summed E-state index contributed by atoms with van der Waals surface area (Å²) in [6, 6.07) is 14.1. The van der Waals surface area contributed by atoms with Crippen LogP contribution in [0.3, 0.4) is 0 Å². The van der Waals surface area contributed by atoms with Gasteiger partial charge in [0.1, 0.15) is 11.8 Å². The number of nitrogen functional groups attached to an aromatic ring is 1. The molecule has 7 rings (SSSR count). The smallest absolute Gasteiger partial charge is 0.152 e. The van der Waals surface area contributed by atoms with Crippen LogP contribution in [0.4, 0.5) is 5.82 Å². The molecule has 1 saturated carbocycles. The molecule has 1 aromatic carbocycles. The van der Waals surface area contributed by atoms with Crippen LogP contribution in [-0.2, 0) is 14.9 Å². The highest BCUT2D eigenvalue weighted by atomic mass is 16.5. The molecule has 2 saturated heterocycles. The average Bonchev–Trinajstić information content (AvgIpc) is 3.42. The lowest BCUT2D eigenvalue weighted by Crippen LogP contribution is -2.39. The van der Waals surface area contributed by atoms with Crippen LogP contribution in [0.2, 0.25) is 0 Å². The summed E-state index contributed by atoms with van der Waals surface area (Å²) in [5.41, 5.74) is 13.1. The Hall–Kier alpha value is -3.27. The number of ether oxygens (including phenoxy) is 2. The molecule has 0 spiro atoms. The molecule has 38 heavy (non-hydrogen) atoms. The number of benzene rings is 1. The summed E-state index contributed by atoms with van der Waals surface area (Å²) < 4.78 is 15.2. The van der Waals surface area contributed by atoms with E-state index in [9.17, 15) is 0 Å². The van der Waals surface area contributed by atoms with Crippen LogP contribution in [0.1, 0.15) is 50.1 Å². The van der Waals surface area contributed by atoms with Crippen molar-refractivity contribution in [1.29, 1.82) is 0 Å². The Labute approximate surface area is 222 Å². The zero-order valence-electron chi connectivity index (χ0n) is 21.7. The molecule has 1 aliphatic carbocycles. The van der Waals surface area contributed by atoms with Gasteiger partial charge in [0.2, 0.25) is 0 Å². The Morgan fingerprint density at radius 3 is 2.53 bits per heavy atom. The largest absolute Gasteiger partial charge is 0.382 e. The maximum Gasteiger partial charge on any atom is 0.152 e. The normalized spacial score (nSPS) is 20.2. The van der Waals surface area contributed by atoms with Gasteiger partial charge < -0.3 is 20.5 Å². The van der Waals surface area contributed by atoms with Gasteiger partial charge in [-0.1, -0.05) is 18.2 Å². The molecule has 0 bridgehead atoms. The first-order valence-corrected chi connectivity index (χ1v) is 13.9. The van der Waals surface area contributed by atoms with Crippen LogP contribution < -0.4 is 11.1 Å². The molecular formula is C29H35N7O2. The Morgan fingerprint density at radius 1 is 0.947 bits per heavy atom. The van der Waals surface area contributed by atoms with Gasteiger partial charge in [0.15, 0.2) is 5.82 Å². The molecule has 3 N–H and O–H groups in total. The predicted octanol–water partition coefficient (Wildman–Crippen LogP) is 3.99. The summed E-state index contributed by atoms with van der Waals surface area (Å²) in [6.45, 7) is 4.26. The number of nitrogens with one attached hydrogen (secondary N) is 1. The Kier molecular flexibility index (Phi) is 6.14. The third kappa shape index (κ3) is 4.28. The van der Waals surface area contributed by atoms with E-state index < -0.39 is 0 Å². The van der Waals surface area contributed by atoms with Crippen molar-refractivity contribution >= 4 is 11.3 Å². The number of fused-ring (bicyclic) bond motifs is 1. The van der Waals surface area contributed by atoms with E-state index in [1.807, 2.05) is 10.7 Å². The van der Waals surface area contributed by atoms with Gasteiger partial charge in [-0.15, -0.1) is 0 Å². The summed E-state index contributed by atoms with van der Waals surface area (Å²) in [5, 5.41) is 13.2. The van der Waals surface area contributed by atoms with Gasteiger partial charge >= 0.3 is 0 Å². The predicted molar refractivity (Wildman–Crippen MR) is 146 cm³/mol. The summed E-state index contributed by atoms with van der Waals surface area (Å²) >= 11 is 0. The van der Waals surface area contributed by atoms with Gasteiger partial charge in [-0.25, -0.2) is 9.50 Å². The summed E-state index contributed by atoms with van der Waals surface area (Å²) in [6.07, 6.45) is 9.93. The fourth-order valence-corrected chi connectivity index (χ4v) is 6.19. The topological polar surface area (TPSA) is 105 Å². The fraction of sp³-hybridized carbons (Fsp3) is 0.483. The molecule has 3 fully saturated rings. The number of rotatable bonds is 7. The van der Waals surface area contributed by atoms with Crippen molar-refractivity contribution in [3.05, 3.63) is 54.5 Å². The molecule has 4 aromatic rings. The Morgan fingerprint density at radius 2 is 1.74 bits per heavy atom. The first kappa shape index (κ1) is 23.8. The number of hydrogen-bond donors (Lipinski definition) is 2. The number of aromatic nitrogens is 5. The van der Waals surface area contributed by atoms with E-state index in [1.165, 1.54) is 24.7 Å². The molecule has 0 atom stereocenters. The lowest BCUT2D eigenvalue weighted by Gasteiger charge is -2.26. The maximum absolute atomic E-state index is 6.46. The highest BCUT2D eigenvalue weighted by Crippen LogP contribution is 2.49. The monoisotopic (exact) mass is 513 g/mol. The minimum Gasteiger partial charge on any atom is -0.382 e. The number of anilines is 1. The Bertz CT molecular complexity index is 1430. The standard InChI is InChI=1S/C29H35N7O2/c30-28-27-24(25-4-11-33-35(25)23-7-14-38-15-8-23)17-26(36(27)34-19-32-28)20-2-1-3-21(16-20)29(9-10-29)18-31-22-5-12-37-13-6-22/h1-4,11,16-17,19,22-23,31H,5-10,12-15,18H2,(H2,30,32,34). The van der Waals surface area contributed by atoms with Crippen LogP contribution in [0.15, 0.2) is 48.9 Å². The van der Waals surface area contributed by atoms with E-state index in [-0.39, 0.29) is 5.41 Å². The third-order valence-corrected chi connectivity index (χ3v) is 8.64. The molecule has 2 aliphatic heterocycles. The van der Waals surface area contributed by atoms with Crippen molar-refractivity contribution in [2.24, 2.45) is 0 Å². The third-order valence-electron chi connectivity index (χ3n) is 8.64. The van der Waals surface area contributed by atoms with Crippen molar-refractivity contribution < 1.29 is 9.47 Å². The SMILES string of the molecule is Nc1ncnn2c(-c3cccc(C4(CNC5CCOCC5)CC4)c3)cc(-c3ccnn3C3CCOCC3)c12. The molecule has 9 nitrogen and oxygen atoms in total. The lowest BCUT2D eigenvalue weighted by atomic mass is 9.93. The first-order chi connectivity index (χ1) is 18.7. The average molecular weight is 514 g/mol. The molecule has 9 heteroatoms. The molecular weight excluding hydrogens is 478 g/mol. The van der Waals surface area contributed by atoms with Gasteiger partial charge in [0.25, 0.3) is 0 Å². The van der Waals surface area contributed by atoms with Crippen LogP contribution in [0.25, 0.3) is 28.0 Å². The van der Waals surface area contributed by atoms with E-state index >= 15 is 0 Å². The summed E-state index contributed by atoms with van der Waals surface area (Å²) in [4.78, 5) is 4.34. The number of hydrogen-bond acceptors (Lipinski definition) is 7. The van der Waals surface area contributed by atoms with E-state index in [0.717, 1.165) is 86.7 Å². The summed E-state index contributed by atoms with van der Waals surface area (Å²) in [7, 11) is 0. The zero-order valence-corrected chi connectivity index (χ0v) is 21.7. The minimum atomic E-state index is 0.208. The quantitative estimate of drug-likeness (QED) is 0.385. The van der Waals surface area contributed by atoms with Crippen molar-refractivity contribution in [2.45, 2.75) is 56.0 Å². The molecule has 0 radical (unpaired) electrons. The van der Waals surface area contributed by atoms with Crippen molar-refractivity contribution in [3.63, 3.8) is 0 Å². The number of nitrogens with two attached hydrogens (primary N) is 1. The van der Waals surface area contributed by atoms with Gasteiger partial charge in [0.05, 0.1) is 17.4 Å². The minimum absolute atomic E-state index is 0.208. The second-order valence-corrected chi connectivity index (χ2v) is 11.0. The maximum atomic E-state index is 6.46. The van der Waals surface area contributed by atoms with E-state index in [0.29, 0.717) is 17.9 Å². The Balaban J connectivity index is 1.25. The fourth-order valence-electron chi connectivity index (χ4n) is 6.19. The highest BCUT2D eigenvalue weighted by Gasteiger charge is 2.44. The first-order valence-electron chi connectivity index (χ1n) is 13.9. The number of nitrogens with zero attached hydrogens (tertiary/aromatic N) is 5. The summed E-state index contributed by atoms with van der Waals surface area (Å²) in [5.74, 6) is 0.469. The van der Waals surface area contributed by atoms with Gasteiger partial charge in [0, 0.05) is 61.8 Å². The zero-order chi connectivity index (χ0) is 25.5. The molecule has 0 unspecified atom stereocenters. The second kappa shape index (κ2) is 9.80.